The highest BCUT2D eigenvalue weighted by molar-refractivity contribution is 8.27. The molecule has 1 amide bonds. The number of nitroso groups, excluding NO2 is 1. The summed E-state index contributed by atoms with van der Waals surface area (Å²) in [6.07, 6.45) is 1.59. The molecule has 2 heterocycles. The van der Waals surface area contributed by atoms with Gasteiger partial charge in [0, 0.05) is 11.6 Å². The molecule has 2 aromatic carbocycles. The van der Waals surface area contributed by atoms with Gasteiger partial charge in [-0.1, -0.05) is 36.1 Å². The molecule has 0 atom stereocenters. The second kappa shape index (κ2) is 8.05. The van der Waals surface area contributed by atoms with Crippen molar-refractivity contribution in [2.45, 2.75) is 0 Å². The normalized spacial score (nSPS) is 15.1. The molecule has 1 aromatic heterocycles. The zero-order valence-corrected chi connectivity index (χ0v) is 16.8. The fraction of sp³-hybridized carbons (Fsp3) is 0. The summed E-state index contributed by atoms with van der Waals surface area (Å²) in [4.78, 5) is 36.3. The summed E-state index contributed by atoms with van der Waals surface area (Å²) >= 11 is 6.47. The van der Waals surface area contributed by atoms with Gasteiger partial charge in [0.15, 0.2) is 4.32 Å². The first-order chi connectivity index (χ1) is 14.5. The first-order valence-corrected chi connectivity index (χ1v) is 9.83. The van der Waals surface area contributed by atoms with Gasteiger partial charge < -0.3 is 9.52 Å². The van der Waals surface area contributed by atoms with Crippen LogP contribution in [0.25, 0.3) is 17.4 Å². The minimum atomic E-state index is -1.02. The summed E-state index contributed by atoms with van der Waals surface area (Å²) in [5.41, 5.74) is 1.57. The van der Waals surface area contributed by atoms with E-state index in [4.69, 9.17) is 21.7 Å². The maximum absolute atomic E-state index is 12.8. The minimum Gasteiger partial charge on any atom is -0.478 e. The summed E-state index contributed by atoms with van der Waals surface area (Å²) in [6, 6.07) is 16.0. The lowest BCUT2D eigenvalue weighted by Gasteiger charge is -2.14. The number of carbonyl (C=O) groups is 2. The van der Waals surface area contributed by atoms with Crippen LogP contribution in [-0.4, -0.2) is 21.3 Å². The molecule has 0 unspecified atom stereocenters. The number of anilines is 1. The number of hydrogen-bond acceptors (Lipinski definition) is 7. The molecule has 1 N–H and O–H groups in total. The molecule has 0 radical (unpaired) electrons. The number of aromatic carboxylic acids is 1. The highest BCUT2D eigenvalue weighted by Crippen LogP contribution is 2.37. The predicted octanol–water partition coefficient (Wildman–Crippen LogP) is 5.45. The number of nitrogens with zero attached hydrogens (tertiary/aromatic N) is 2. The second-order valence-corrected chi connectivity index (χ2v) is 7.89. The van der Waals surface area contributed by atoms with Crippen molar-refractivity contribution in [2.24, 2.45) is 5.18 Å². The van der Waals surface area contributed by atoms with Gasteiger partial charge in [-0.05, 0) is 53.7 Å². The quantitative estimate of drug-likeness (QED) is 0.322. The zero-order valence-electron chi connectivity index (χ0n) is 15.1. The summed E-state index contributed by atoms with van der Waals surface area (Å²) in [5.74, 6) is -0.407. The Morgan fingerprint density at radius 2 is 1.90 bits per heavy atom. The van der Waals surface area contributed by atoms with E-state index in [1.807, 2.05) is 0 Å². The van der Waals surface area contributed by atoms with E-state index in [9.17, 15) is 14.5 Å². The molecule has 1 fully saturated rings. The van der Waals surface area contributed by atoms with E-state index in [2.05, 4.69) is 5.18 Å². The standard InChI is InChI=1S/C21H12N2O5S2/c24-19-18(30-21(29)23(19)15-6-4-14(22-27)5-7-15)11-16-8-9-17(28-16)12-2-1-3-13(10-12)20(25)26/h1-11H,(H,25,26)/b18-11-. The van der Waals surface area contributed by atoms with Gasteiger partial charge in [0.05, 0.1) is 16.2 Å². The third-order valence-corrected chi connectivity index (χ3v) is 5.60. The van der Waals surface area contributed by atoms with Crippen molar-refractivity contribution in [2.75, 3.05) is 4.90 Å². The lowest BCUT2D eigenvalue weighted by Crippen LogP contribution is -2.27. The molecule has 0 saturated carbocycles. The van der Waals surface area contributed by atoms with E-state index < -0.39 is 5.97 Å². The van der Waals surface area contributed by atoms with E-state index in [-0.39, 0.29) is 17.2 Å². The molecule has 1 aliphatic heterocycles. The molecule has 0 bridgehead atoms. The van der Waals surface area contributed by atoms with Gasteiger partial charge in [-0.2, -0.15) is 0 Å². The number of thioether (sulfide) groups is 1. The largest absolute Gasteiger partial charge is 0.478 e. The van der Waals surface area contributed by atoms with E-state index in [0.717, 1.165) is 11.8 Å². The van der Waals surface area contributed by atoms with E-state index in [0.29, 0.717) is 32.0 Å². The van der Waals surface area contributed by atoms with Gasteiger partial charge in [-0.3, -0.25) is 9.69 Å². The molecule has 1 saturated heterocycles. The Hall–Kier alpha value is -3.56. The second-order valence-electron chi connectivity index (χ2n) is 6.21. The van der Waals surface area contributed by atoms with Crippen LogP contribution in [0.4, 0.5) is 11.4 Å². The van der Waals surface area contributed by atoms with Crippen molar-refractivity contribution in [1.82, 2.24) is 0 Å². The Balaban J connectivity index is 1.59. The van der Waals surface area contributed by atoms with E-state index in [1.165, 1.54) is 29.2 Å². The fourth-order valence-electron chi connectivity index (χ4n) is 2.87. The first kappa shape index (κ1) is 19.7. The van der Waals surface area contributed by atoms with Crippen LogP contribution in [0.2, 0.25) is 0 Å². The monoisotopic (exact) mass is 436 g/mol. The molecule has 0 spiro atoms. The maximum Gasteiger partial charge on any atom is 0.335 e. The maximum atomic E-state index is 12.8. The molecule has 4 rings (SSSR count). The lowest BCUT2D eigenvalue weighted by molar-refractivity contribution is -0.113. The Labute approximate surface area is 180 Å². The van der Waals surface area contributed by atoms with Crippen molar-refractivity contribution in [3.63, 3.8) is 0 Å². The van der Waals surface area contributed by atoms with Crippen LogP contribution in [0.3, 0.4) is 0 Å². The number of furan rings is 1. The molecule has 7 nitrogen and oxygen atoms in total. The Kier molecular flexibility index (Phi) is 5.30. The van der Waals surface area contributed by atoms with Crippen molar-refractivity contribution < 1.29 is 19.1 Å². The van der Waals surface area contributed by atoms with Crippen LogP contribution in [0.1, 0.15) is 16.1 Å². The number of benzene rings is 2. The van der Waals surface area contributed by atoms with Gasteiger partial charge in [0.2, 0.25) is 0 Å². The molecular formula is C21H12N2O5S2. The minimum absolute atomic E-state index is 0.155. The highest BCUT2D eigenvalue weighted by atomic mass is 32.2. The summed E-state index contributed by atoms with van der Waals surface area (Å²) in [6.45, 7) is 0. The molecule has 148 valence electrons. The third kappa shape index (κ3) is 3.80. The zero-order chi connectivity index (χ0) is 21.3. The number of carboxylic acids is 1. The van der Waals surface area contributed by atoms with Crippen LogP contribution in [0, 0.1) is 4.91 Å². The fourth-order valence-corrected chi connectivity index (χ4v) is 4.15. The van der Waals surface area contributed by atoms with Crippen LogP contribution in [0.15, 0.2) is 75.2 Å². The van der Waals surface area contributed by atoms with Crippen LogP contribution in [-0.2, 0) is 4.79 Å². The van der Waals surface area contributed by atoms with Crippen molar-refractivity contribution in [3.8, 4) is 11.3 Å². The molecule has 0 aliphatic carbocycles. The SMILES string of the molecule is O=Nc1ccc(N2C(=O)/C(=C/c3ccc(-c4cccc(C(=O)O)c4)o3)SC2=S)cc1. The molecular weight excluding hydrogens is 424 g/mol. The number of thiocarbonyl (C=S) groups is 1. The van der Waals surface area contributed by atoms with Crippen LogP contribution in [0.5, 0.6) is 0 Å². The van der Waals surface area contributed by atoms with Crippen LogP contribution < -0.4 is 4.90 Å². The number of rotatable bonds is 5. The number of hydrogen-bond donors (Lipinski definition) is 1. The molecule has 9 heteroatoms. The van der Waals surface area contributed by atoms with Gasteiger partial charge in [-0.15, -0.1) is 4.91 Å². The summed E-state index contributed by atoms with van der Waals surface area (Å²) in [5, 5.41) is 12.0. The van der Waals surface area contributed by atoms with Crippen molar-refractivity contribution in [1.29, 1.82) is 0 Å². The highest BCUT2D eigenvalue weighted by Gasteiger charge is 2.33. The number of amides is 1. The smallest absolute Gasteiger partial charge is 0.335 e. The number of carboxylic acid groups (broad SMARTS) is 1. The number of carbonyl (C=O) groups excluding carboxylic acids is 1. The van der Waals surface area contributed by atoms with E-state index >= 15 is 0 Å². The van der Waals surface area contributed by atoms with Gasteiger partial charge in [0.25, 0.3) is 5.91 Å². The average Bonchev–Trinajstić information content (AvgIpc) is 3.33. The first-order valence-electron chi connectivity index (χ1n) is 8.61. The third-order valence-electron chi connectivity index (χ3n) is 4.30. The van der Waals surface area contributed by atoms with E-state index in [1.54, 1.807) is 42.5 Å². The molecule has 30 heavy (non-hydrogen) atoms. The molecule has 3 aromatic rings. The topological polar surface area (TPSA) is 100 Å². The summed E-state index contributed by atoms with van der Waals surface area (Å²) in [7, 11) is 0. The van der Waals surface area contributed by atoms with Crippen LogP contribution >= 0.6 is 24.0 Å². The predicted molar refractivity (Wildman–Crippen MR) is 119 cm³/mol. The average molecular weight is 436 g/mol. The van der Waals surface area contributed by atoms with Crippen molar-refractivity contribution in [3.05, 3.63) is 81.8 Å². The van der Waals surface area contributed by atoms with Crippen molar-refractivity contribution >= 4 is 57.6 Å². The van der Waals surface area contributed by atoms with Gasteiger partial charge in [0.1, 0.15) is 17.2 Å². The van der Waals surface area contributed by atoms with Gasteiger partial charge >= 0.3 is 5.97 Å². The summed E-state index contributed by atoms with van der Waals surface area (Å²) < 4.78 is 6.14. The van der Waals surface area contributed by atoms with Gasteiger partial charge in [-0.25, -0.2) is 4.79 Å². The Morgan fingerprint density at radius 3 is 2.60 bits per heavy atom. The lowest BCUT2D eigenvalue weighted by atomic mass is 10.1. The Morgan fingerprint density at radius 1 is 1.13 bits per heavy atom. The molecule has 1 aliphatic rings. The Bertz CT molecular complexity index is 1210.